The van der Waals surface area contributed by atoms with Crippen molar-refractivity contribution in [3.05, 3.63) is 47.4 Å². The summed E-state index contributed by atoms with van der Waals surface area (Å²) in [5.41, 5.74) is 1.29. The number of esters is 1. The van der Waals surface area contributed by atoms with Crippen molar-refractivity contribution < 1.29 is 14.3 Å². The quantitative estimate of drug-likeness (QED) is 0.739. The molecule has 7 heteroatoms. The summed E-state index contributed by atoms with van der Waals surface area (Å²) in [6.45, 7) is 3.80. The standard InChI is InChI=1S/C21H26N4O3/c1-3-28-21(27)16-11-7-8-12-17(16)25-19-13-18(22-14(2)23-19)20(26)24-15-9-5-4-6-10-15/h7-8,11-13,15H,3-6,9-10H2,1-2H3,(H,24,26)(H,22,23,25). The van der Waals surface area contributed by atoms with E-state index >= 15 is 0 Å². The first-order chi connectivity index (χ1) is 13.6. The van der Waals surface area contributed by atoms with Crippen molar-refractivity contribution in [1.82, 2.24) is 15.3 Å². The minimum Gasteiger partial charge on any atom is -0.462 e. The predicted octanol–water partition coefficient (Wildman–Crippen LogP) is 3.77. The molecular formula is C21H26N4O3. The summed E-state index contributed by atoms with van der Waals surface area (Å²) in [6, 6.07) is 8.85. The fourth-order valence-electron chi connectivity index (χ4n) is 3.37. The molecule has 1 heterocycles. The summed E-state index contributed by atoms with van der Waals surface area (Å²) in [7, 11) is 0. The Morgan fingerprint density at radius 3 is 2.64 bits per heavy atom. The Labute approximate surface area is 164 Å². The first-order valence-corrected chi connectivity index (χ1v) is 9.76. The van der Waals surface area contributed by atoms with Gasteiger partial charge < -0.3 is 15.4 Å². The molecule has 1 aromatic heterocycles. The normalized spacial score (nSPS) is 14.4. The number of amides is 1. The largest absolute Gasteiger partial charge is 0.462 e. The molecule has 0 unspecified atom stereocenters. The van der Waals surface area contributed by atoms with Crippen molar-refractivity contribution >= 4 is 23.4 Å². The minimum absolute atomic E-state index is 0.195. The van der Waals surface area contributed by atoms with Crippen LogP contribution in [0.2, 0.25) is 0 Å². The molecule has 28 heavy (non-hydrogen) atoms. The SMILES string of the molecule is CCOC(=O)c1ccccc1Nc1cc(C(=O)NC2CCCCC2)nc(C)n1. The van der Waals surface area contributed by atoms with Crippen LogP contribution in [0.25, 0.3) is 0 Å². The van der Waals surface area contributed by atoms with Crippen LogP contribution in [0.3, 0.4) is 0 Å². The molecule has 1 fully saturated rings. The lowest BCUT2D eigenvalue weighted by atomic mass is 9.95. The van der Waals surface area contributed by atoms with E-state index in [4.69, 9.17) is 4.74 Å². The van der Waals surface area contributed by atoms with Crippen LogP contribution in [0.5, 0.6) is 0 Å². The molecule has 1 amide bonds. The van der Waals surface area contributed by atoms with Gasteiger partial charge in [0.1, 0.15) is 17.3 Å². The van der Waals surface area contributed by atoms with Gasteiger partial charge in [-0.2, -0.15) is 0 Å². The summed E-state index contributed by atoms with van der Waals surface area (Å²) in [5, 5.41) is 6.19. The number of anilines is 2. The molecule has 0 bridgehead atoms. The minimum atomic E-state index is -0.411. The molecule has 7 nitrogen and oxygen atoms in total. The lowest BCUT2D eigenvalue weighted by Crippen LogP contribution is -2.36. The number of aromatic nitrogens is 2. The highest BCUT2D eigenvalue weighted by Gasteiger charge is 2.19. The maximum Gasteiger partial charge on any atom is 0.340 e. The zero-order valence-corrected chi connectivity index (χ0v) is 16.3. The third-order valence-corrected chi connectivity index (χ3v) is 4.70. The second-order valence-corrected chi connectivity index (χ2v) is 6.89. The molecule has 0 atom stereocenters. The maximum absolute atomic E-state index is 12.6. The summed E-state index contributed by atoms with van der Waals surface area (Å²) in [6.07, 6.45) is 5.53. The lowest BCUT2D eigenvalue weighted by Gasteiger charge is -2.22. The Balaban J connectivity index is 1.78. The number of para-hydroxylation sites is 1. The van der Waals surface area contributed by atoms with Gasteiger partial charge in [-0.15, -0.1) is 0 Å². The Bertz CT molecular complexity index is 847. The van der Waals surface area contributed by atoms with E-state index < -0.39 is 5.97 Å². The number of benzene rings is 1. The fourth-order valence-corrected chi connectivity index (χ4v) is 3.37. The average molecular weight is 382 g/mol. The Morgan fingerprint density at radius 2 is 1.89 bits per heavy atom. The Hall–Kier alpha value is -2.96. The van der Waals surface area contributed by atoms with E-state index in [0.29, 0.717) is 35.2 Å². The second-order valence-electron chi connectivity index (χ2n) is 6.89. The number of carbonyl (C=O) groups is 2. The first kappa shape index (κ1) is 19.8. The topological polar surface area (TPSA) is 93.2 Å². The number of hydrogen-bond acceptors (Lipinski definition) is 6. The van der Waals surface area contributed by atoms with E-state index in [1.54, 1.807) is 38.1 Å². The van der Waals surface area contributed by atoms with Gasteiger partial charge in [0, 0.05) is 12.1 Å². The average Bonchev–Trinajstić information content (AvgIpc) is 2.69. The smallest absolute Gasteiger partial charge is 0.340 e. The number of rotatable bonds is 6. The zero-order valence-electron chi connectivity index (χ0n) is 16.3. The van der Waals surface area contributed by atoms with Gasteiger partial charge >= 0.3 is 5.97 Å². The van der Waals surface area contributed by atoms with E-state index in [2.05, 4.69) is 20.6 Å². The fraction of sp³-hybridized carbons (Fsp3) is 0.429. The van der Waals surface area contributed by atoms with Crippen molar-refractivity contribution in [2.24, 2.45) is 0 Å². The van der Waals surface area contributed by atoms with Gasteiger partial charge in [-0.3, -0.25) is 4.79 Å². The number of ether oxygens (including phenoxy) is 1. The van der Waals surface area contributed by atoms with Crippen LogP contribution in [0.15, 0.2) is 30.3 Å². The van der Waals surface area contributed by atoms with Crippen LogP contribution in [-0.4, -0.2) is 34.5 Å². The van der Waals surface area contributed by atoms with E-state index in [1.807, 2.05) is 6.07 Å². The molecule has 1 aliphatic rings. The maximum atomic E-state index is 12.6. The van der Waals surface area contributed by atoms with Gasteiger partial charge in [-0.05, 0) is 38.8 Å². The number of nitrogens with zero attached hydrogens (tertiary/aromatic N) is 2. The highest BCUT2D eigenvalue weighted by Crippen LogP contribution is 2.22. The van der Waals surface area contributed by atoms with E-state index in [-0.39, 0.29) is 11.9 Å². The van der Waals surface area contributed by atoms with E-state index in [0.717, 1.165) is 25.7 Å². The second kappa shape index (κ2) is 9.30. The van der Waals surface area contributed by atoms with Crippen LogP contribution < -0.4 is 10.6 Å². The summed E-state index contributed by atoms with van der Waals surface area (Å²) < 4.78 is 5.10. The summed E-state index contributed by atoms with van der Waals surface area (Å²) in [4.78, 5) is 33.4. The van der Waals surface area contributed by atoms with Gasteiger partial charge in [0.25, 0.3) is 5.91 Å². The van der Waals surface area contributed by atoms with Crippen LogP contribution >= 0.6 is 0 Å². The highest BCUT2D eigenvalue weighted by molar-refractivity contribution is 5.97. The molecule has 1 aromatic carbocycles. The van der Waals surface area contributed by atoms with Crippen molar-refractivity contribution in [2.75, 3.05) is 11.9 Å². The van der Waals surface area contributed by atoms with Gasteiger partial charge in [-0.1, -0.05) is 31.4 Å². The lowest BCUT2D eigenvalue weighted by molar-refractivity contribution is 0.0527. The van der Waals surface area contributed by atoms with E-state index in [9.17, 15) is 9.59 Å². The molecular weight excluding hydrogens is 356 g/mol. The summed E-state index contributed by atoms with van der Waals surface area (Å²) in [5.74, 6) is 0.330. The van der Waals surface area contributed by atoms with Gasteiger partial charge in [0.15, 0.2) is 0 Å². The van der Waals surface area contributed by atoms with Crippen LogP contribution in [0.1, 0.15) is 65.7 Å². The van der Waals surface area contributed by atoms with Gasteiger partial charge in [0.2, 0.25) is 0 Å². The van der Waals surface area contributed by atoms with Crippen molar-refractivity contribution in [3.8, 4) is 0 Å². The third-order valence-electron chi connectivity index (χ3n) is 4.70. The van der Waals surface area contributed by atoms with Crippen LogP contribution in [-0.2, 0) is 4.74 Å². The molecule has 3 rings (SSSR count). The number of hydrogen-bond donors (Lipinski definition) is 2. The van der Waals surface area contributed by atoms with Crippen LogP contribution in [0.4, 0.5) is 11.5 Å². The molecule has 148 valence electrons. The molecule has 2 N–H and O–H groups in total. The number of carbonyl (C=O) groups excluding carboxylic acids is 2. The Kier molecular flexibility index (Phi) is 6.57. The third kappa shape index (κ3) is 5.06. The van der Waals surface area contributed by atoms with Crippen LogP contribution in [0, 0.1) is 6.92 Å². The number of aryl methyl sites for hydroxylation is 1. The summed E-state index contributed by atoms with van der Waals surface area (Å²) >= 11 is 0. The van der Waals surface area contributed by atoms with Crippen molar-refractivity contribution in [3.63, 3.8) is 0 Å². The molecule has 0 aliphatic heterocycles. The van der Waals surface area contributed by atoms with Gasteiger partial charge in [-0.25, -0.2) is 14.8 Å². The predicted molar refractivity (Wildman–Crippen MR) is 107 cm³/mol. The highest BCUT2D eigenvalue weighted by atomic mass is 16.5. The molecule has 0 radical (unpaired) electrons. The molecule has 2 aromatic rings. The van der Waals surface area contributed by atoms with Crippen molar-refractivity contribution in [1.29, 1.82) is 0 Å². The zero-order chi connectivity index (χ0) is 19.9. The number of nitrogens with one attached hydrogen (secondary N) is 2. The molecule has 1 aliphatic carbocycles. The van der Waals surface area contributed by atoms with Crippen molar-refractivity contribution in [2.45, 2.75) is 52.0 Å². The molecule has 1 saturated carbocycles. The monoisotopic (exact) mass is 382 g/mol. The van der Waals surface area contributed by atoms with E-state index in [1.165, 1.54) is 6.42 Å². The Morgan fingerprint density at radius 1 is 1.14 bits per heavy atom. The molecule has 0 spiro atoms. The van der Waals surface area contributed by atoms with Gasteiger partial charge in [0.05, 0.1) is 17.9 Å². The first-order valence-electron chi connectivity index (χ1n) is 9.76. The molecule has 0 saturated heterocycles.